The average molecular weight is 397 g/mol. The van der Waals surface area contributed by atoms with Gasteiger partial charge >= 0.3 is 6.09 Å². The number of carbonyl (C=O) groups is 1. The Morgan fingerprint density at radius 1 is 1.04 bits per heavy atom. The quantitative estimate of drug-likeness (QED) is 0.545. The van der Waals surface area contributed by atoms with Crippen LogP contribution in [0.4, 0.5) is 10.5 Å². The Hall–Kier alpha value is -2.02. The van der Waals surface area contributed by atoms with Crippen LogP contribution in [0.2, 0.25) is 0 Å². The van der Waals surface area contributed by atoms with Crippen LogP contribution in [-0.2, 0) is 11.3 Å². The van der Waals surface area contributed by atoms with E-state index in [4.69, 9.17) is 4.74 Å². The minimum Gasteiger partial charge on any atom is -0.444 e. The maximum atomic E-state index is 12.4. The maximum Gasteiger partial charge on any atom is 0.414 e. The van der Waals surface area contributed by atoms with Crippen LogP contribution in [0.1, 0.15) is 18.4 Å². The van der Waals surface area contributed by atoms with Crippen LogP contribution >= 0.6 is 23.3 Å². The first-order chi connectivity index (χ1) is 13.3. The van der Waals surface area contributed by atoms with E-state index in [-0.39, 0.29) is 12.1 Å². The lowest BCUT2D eigenvalue weighted by atomic mass is 10.0. The second-order valence-electron chi connectivity index (χ2n) is 6.91. The third-order valence-corrected chi connectivity index (χ3v) is 7.52. The average Bonchev–Trinajstić information content (AvgIpc) is 3.11. The molecule has 3 heterocycles. The zero-order valence-corrected chi connectivity index (χ0v) is 16.5. The molecule has 0 aliphatic carbocycles. The number of fused-ring (bicyclic) bond motifs is 2. The van der Waals surface area contributed by atoms with Gasteiger partial charge in [0, 0.05) is 29.4 Å². The van der Waals surface area contributed by atoms with Crippen LogP contribution in [0, 0.1) is 0 Å². The van der Waals surface area contributed by atoms with Gasteiger partial charge in [0.25, 0.3) is 0 Å². The molecule has 3 aromatic rings. The minimum absolute atomic E-state index is 0.204. The van der Waals surface area contributed by atoms with Crippen molar-refractivity contribution in [1.29, 1.82) is 0 Å². The van der Waals surface area contributed by atoms with Gasteiger partial charge in [-0.15, -0.1) is 11.3 Å². The highest BCUT2D eigenvalue weighted by molar-refractivity contribution is 7.99. The molecule has 2 aliphatic rings. The highest BCUT2D eigenvalue weighted by Gasteiger charge is 2.34. The monoisotopic (exact) mass is 396 g/mol. The van der Waals surface area contributed by atoms with E-state index in [1.54, 1.807) is 0 Å². The second kappa shape index (κ2) is 7.19. The molecule has 1 fully saturated rings. The fourth-order valence-electron chi connectivity index (χ4n) is 3.84. The Balaban J connectivity index is 1.27. The lowest BCUT2D eigenvalue weighted by molar-refractivity contribution is 0.136. The van der Waals surface area contributed by atoms with Gasteiger partial charge in [-0.25, -0.2) is 9.10 Å². The highest BCUT2D eigenvalue weighted by Crippen LogP contribution is 2.37. The summed E-state index contributed by atoms with van der Waals surface area (Å²) in [7, 11) is 0. The summed E-state index contributed by atoms with van der Waals surface area (Å²) in [5.74, 6) is 0. The molecule has 0 saturated carbocycles. The normalized spacial score (nSPS) is 18.5. The van der Waals surface area contributed by atoms with Crippen LogP contribution in [0.5, 0.6) is 0 Å². The van der Waals surface area contributed by atoms with E-state index in [2.05, 4.69) is 34.6 Å². The van der Waals surface area contributed by atoms with E-state index >= 15 is 0 Å². The molecule has 0 N–H and O–H groups in total. The van der Waals surface area contributed by atoms with Gasteiger partial charge in [0.2, 0.25) is 0 Å². The lowest BCUT2D eigenvalue weighted by Gasteiger charge is -2.39. The number of carbonyl (C=O) groups excluding carboxylic acids is 1. The summed E-state index contributed by atoms with van der Waals surface area (Å²) >= 11 is 3.69. The molecule has 138 valence electrons. The molecule has 0 unspecified atom stereocenters. The number of amides is 1. The molecule has 2 aromatic carbocycles. The summed E-state index contributed by atoms with van der Waals surface area (Å²) in [5, 5.41) is 1.31. The molecule has 0 bridgehead atoms. The number of para-hydroxylation sites is 1. The fourth-order valence-corrected chi connectivity index (χ4v) is 6.20. The molecule has 0 atom stereocenters. The summed E-state index contributed by atoms with van der Waals surface area (Å²) < 4.78 is 10.5. The van der Waals surface area contributed by atoms with Gasteiger partial charge in [0.05, 0.1) is 9.90 Å². The molecule has 6 heteroatoms. The number of thiophene rings is 1. The van der Waals surface area contributed by atoms with E-state index in [0.717, 1.165) is 37.2 Å². The smallest absolute Gasteiger partial charge is 0.414 e. The summed E-state index contributed by atoms with van der Waals surface area (Å²) in [6.45, 7) is 2.32. The molecule has 27 heavy (non-hydrogen) atoms. The van der Waals surface area contributed by atoms with Gasteiger partial charge in [0.15, 0.2) is 0 Å². The van der Waals surface area contributed by atoms with Crippen molar-refractivity contribution in [3.05, 3.63) is 60.2 Å². The van der Waals surface area contributed by atoms with E-state index in [1.807, 2.05) is 52.5 Å². The number of ether oxygens (including phenoxy) is 1. The standard InChI is InChI=1S/C21H20N2O2S2/c24-21-23(18-7-3-1-6-16(18)14-25-21)17-9-11-22(12-10-17)27-20-13-15-5-2-4-8-19(15)26-20/h1-8,13,17H,9-12,14H2. The lowest BCUT2D eigenvalue weighted by Crippen LogP contribution is -2.48. The van der Waals surface area contributed by atoms with Crippen molar-refractivity contribution in [1.82, 2.24) is 4.31 Å². The zero-order valence-electron chi connectivity index (χ0n) is 14.8. The molecule has 1 saturated heterocycles. The van der Waals surface area contributed by atoms with Crippen LogP contribution in [-0.4, -0.2) is 29.5 Å². The van der Waals surface area contributed by atoms with Crippen molar-refractivity contribution in [2.45, 2.75) is 29.7 Å². The highest BCUT2D eigenvalue weighted by atomic mass is 32.2. The Kier molecular flexibility index (Phi) is 4.55. The van der Waals surface area contributed by atoms with Crippen LogP contribution in [0.25, 0.3) is 10.1 Å². The molecule has 1 amide bonds. The van der Waals surface area contributed by atoms with Crippen molar-refractivity contribution in [2.75, 3.05) is 18.0 Å². The number of cyclic esters (lactones) is 1. The predicted molar refractivity (Wildman–Crippen MR) is 111 cm³/mol. The number of nitrogens with zero attached hydrogens (tertiary/aromatic N) is 2. The molecule has 4 nitrogen and oxygen atoms in total. The molecular weight excluding hydrogens is 376 g/mol. The zero-order chi connectivity index (χ0) is 18.2. The maximum absolute atomic E-state index is 12.4. The van der Waals surface area contributed by atoms with Crippen LogP contribution in [0.3, 0.4) is 0 Å². The number of hydrogen-bond acceptors (Lipinski definition) is 5. The number of benzene rings is 2. The SMILES string of the molecule is O=C1OCc2ccccc2N1C1CCN(Sc2cc3ccccc3s2)CC1. The van der Waals surface area contributed by atoms with Crippen molar-refractivity contribution in [2.24, 2.45) is 0 Å². The summed E-state index contributed by atoms with van der Waals surface area (Å²) in [5.41, 5.74) is 2.11. The van der Waals surface area contributed by atoms with Crippen molar-refractivity contribution in [3.63, 3.8) is 0 Å². The first kappa shape index (κ1) is 17.1. The largest absolute Gasteiger partial charge is 0.444 e. The summed E-state index contributed by atoms with van der Waals surface area (Å²) in [6, 6.07) is 19.1. The first-order valence-electron chi connectivity index (χ1n) is 9.23. The molecule has 2 aliphatic heterocycles. The predicted octanol–water partition coefficient (Wildman–Crippen LogP) is 5.53. The summed E-state index contributed by atoms with van der Waals surface area (Å²) in [6.07, 6.45) is 1.71. The molecule has 1 aromatic heterocycles. The molecule has 0 spiro atoms. The van der Waals surface area contributed by atoms with E-state index in [1.165, 1.54) is 14.3 Å². The van der Waals surface area contributed by atoms with Crippen molar-refractivity contribution < 1.29 is 9.53 Å². The van der Waals surface area contributed by atoms with Crippen molar-refractivity contribution in [3.8, 4) is 0 Å². The van der Waals surface area contributed by atoms with E-state index in [0.29, 0.717) is 6.61 Å². The topological polar surface area (TPSA) is 32.8 Å². The van der Waals surface area contributed by atoms with Crippen molar-refractivity contribution >= 4 is 45.2 Å². The fraction of sp³-hybridized carbons (Fsp3) is 0.286. The molecule has 0 radical (unpaired) electrons. The third kappa shape index (κ3) is 3.33. The number of rotatable bonds is 3. The van der Waals surface area contributed by atoms with E-state index in [9.17, 15) is 4.79 Å². The Labute approximate surface area is 166 Å². The number of hydrogen-bond donors (Lipinski definition) is 0. The Morgan fingerprint density at radius 3 is 2.67 bits per heavy atom. The first-order valence-corrected chi connectivity index (χ1v) is 10.8. The van der Waals surface area contributed by atoms with Gasteiger partial charge in [-0.1, -0.05) is 36.4 Å². The van der Waals surface area contributed by atoms with Gasteiger partial charge in [-0.05, 0) is 48.4 Å². The minimum atomic E-state index is -0.204. The Morgan fingerprint density at radius 2 is 1.81 bits per heavy atom. The third-order valence-electron chi connectivity index (χ3n) is 5.21. The second-order valence-corrected chi connectivity index (χ2v) is 9.39. The van der Waals surface area contributed by atoms with Gasteiger partial charge in [0.1, 0.15) is 6.61 Å². The van der Waals surface area contributed by atoms with Gasteiger partial charge in [-0.3, -0.25) is 4.90 Å². The Bertz CT molecular complexity index is 946. The number of anilines is 1. The number of piperidine rings is 1. The molecular formula is C21H20N2O2S2. The van der Waals surface area contributed by atoms with E-state index < -0.39 is 0 Å². The van der Waals surface area contributed by atoms with Crippen LogP contribution < -0.4 is 4.90 Å². The summed E-state index contributed by atoms with van der Waals surface area (Å²) in [4.78, 5) is 14.3. The van der Waals surface area contributed by atoms with Gasteiger partial charge in [-0.2, -0.15) is 0 Å². The van der Waals surface area contributed by atoms with Crippen LogP contribution in [0.15, 0.2) is 58.8 Å². The molecule has 5 rings (SSSR count). The van der Waals surface area contributed by atoms with Gasteiger partial charge < -0.3 is 4.74 Å².